The highest BCUT2D eigenvalue weighted by Crippen LogP contribution is 2.18. The highest BCUT2D eigenvalue weighted by Gasteiger charge is 2.42. The van der Waals surface area contributed by atoms with Crippen LogP contribution >= 0.6 is 0 Å². The van der Waals surface area contributed by atoms with Gasteiger partial charge in [0.25, 0.3) is 5.91 Å². The molecule has 0 aromatic heterocycles. The molecular weight excluding hydrogens is 196 g/mol. The Morgan fingerprint density at radius 1 is 1.60 bits per heavy atom. The van der Waals surface area contributed by atoms with E-state index in [9.17, 15) is 14.4 Å². The molecule has 0 radical (unpaired) electrons. The topological polar surface area (TPSA) is 66.5 Å². The molecule has 0 unspecified atom stereocenters. The van der Waals surface area contributed by atoms with Crippen LogP contribution in [0.1, 0.15) is 20.3 Å². The van der Waals surface area contributed by atoms with Crippen LogP contribution in [0.4, 0.5) is 0 Å². The zero-order valence-corrected chi connectivity index (χ0v) is 8.66. The van der Waals surface area contributed by atoms with E-state index in [2.05, 4.69) is 11.2 Å². The largest absolute Gasteiger partial charge is 0.318 e. The van der Waals surface area contributed by atoms with Crippen molar-refractivity contribution in [2.75, 3.05) is 6.54 Å². The van der Waals surface area contributed by atoms with E-state index in [1.807, 2.05) is 0 Å². The second-order valence-corrected chi connectivity index (χ2v) is 3.80. The molecule has 1 N–H and O–H groups in total. The van der Waals surface area contributed by atoms with E-state index in [1.54, 1.807) is 13.8 Å². The van der Waals surface area contributed by atoms with Crippen molar-refractivity contribution in [3.63, 3.8) is 0 Å². The van der Waals surface area contributed by atoms with E-state index in [0.717, 1.165) is 0 Å². The van der Waals surface area contributed by atoms with Gasteiger partial charge in [0, 0.05) is 0 Å². The van der Waals surface area contributed by atoms with E-state index in [1.165, 1.54) is 4.90 Å². The summed E-state index contributed by atoms with van der Waals surface area (Å²) in [6.07, 6.45) is 4.90. The summed E-state index contributed by atoms with van der Waals surface area (Å²) < 4.78 is 0. The maximum Gasteiger partial charge on any atom is 0.252 e. The van der Waals surface area contributed by atoms with Gasteiger partial charge in [-0.1, -0.05) is 5.92 Å². The van der Waals surface area contributed by atoms with Gasteiger partial charge in [0.05, 0.1) is 6.42 Å². The SMILES string of the molecule is C#CCC(=O)N1CC(=O)NC(=O)C1(C)C. The van der Waals surface area contributed by atoms with E-state index in [0.29, 0.717) is 0 Å². The lowest BCUT2D eigenvalue weighted by molar-refractivity contribution is -0.155. The fourth-order valence-corrected chi connectivity index (χ4v) is 1.37. The number of amides is 3. The Balaban J connectivity index is 2.95. The minimum atomic E-state index is -1.03. The fourth-order valence-electron chi connectivity index (χ4n) is 1.37. The number of piperazine rings is 1. The van der Waals surface area contributed by atoms with Crippen molar-refractivity contribution >= 4 is 17.7 Å². The van der Waals surface area contributed by atoms with Crippen LogP contribution in [-0.4, -0.2) is 34.7 Å². The zero-order valence-electron chi connectivity index (χ0n) is 8.66. The summed E-state index contributed by atoms with van der Waals surface area (Å²) in [6, 6.07) is 0. The van der Waals surface area contributed by atoms with Crippen molar-refractivity contribution in [2.45, 2.75) is 25.8 Å². The molecule has 1 aliphatic heterocycles. The number of rotatable bonds is 1. The van der Waals surface area contributed by atoms with Crippen molar-refractivity contribution in [3.05, 3.63) is 0 Å². The zero-order chi connectivity index (χ0) is 11.6. The first-order valence-electron chi connectivity index (χ1n) is 4.48. The Morgan fingerprint density at radius 3 is 2.73 bits per heavy atom. The molecule has 0 aromatic carbocycles. The molecular formula is C10H12N2O3. The number of hydrogen-bond donors (Lipinski definition) is 1. The molecule has 1 saturated heterocycles. The van der Waals surface area contributed by atoms with Crippen LogP contribution in [-0.2, 0) is 14.4 Å². The van der Waals surface area contributed by atoms with Gasteiger partial charge in [-0.2, -0.15) is 0 Å². The molecule has 3 amide bonds. The molecule has 15 heavy (non-hydrogen) atoms. The lowest BCUT2D eigenvalue weighted by Crippen LogP contribution is -2.65. The van der Waals surface area contributed by atoms with Gasteiger partial charge in [-0.05, 0) is 13.8 Å². The van der Waals surface area contributed by atoms with Gasteiger partial charge in [-0.3, -0.25) is 19.7 Å². The molecule has 0 saturated carbocycles. The third-order valence-corrected chi connectivity index (χ3v) is 2.34. The standard InChI is InChI=1S/C10H12N2O3/c1-4-5-8(14)12-6-7(13)11-9(15)10(12,2)3/h1H,5-6H2,2-3H3,(H,11,13,15). The minimum Gasteiger partial charge on any atom is -0.318 e. The number of hydrogen-bond acceptors (Lipinski definition) is 3. The summed E-state index contributed by atoms with van der Waals surface area (Å²) in [6.45, 7) is 3.02. The van der Waals surface area contributed by atoms with Gasteiger partial charge < -0.3 is 4.90 Å². The number of nitrogens with zero attached hydrogens (tertiary/aromatic N) is 1. The summed E-state index contributed by atoms with van der Waals surface area (Å²) in [7, 11) is 0. The van der Waals surface area contributed by atoms with E-state index in [4.69, 9.17) is 6.42 Å². The third-order valence-electron chi connectivity index (χ3n) is 2.34. The fraction of sp³-hybridized carbons (Fsp3) is 0.500. The average Bonchev–Trinajstić information content (AvgIpc) is 2.12. The minimum absolute atomic E-state index is 0.107. The number of imide groups is 1. The predicted molar refractivity (Wildman–Crippen MR) is 52.4 cm³/mol. The van der Waals surface area contributed by atoms with Crippen LogP contribution in [0.15, 0.2) is 0 Å². The highest BCUT2D eigenvalue weighted by molar-refractivity contribution is 6.06. The Kier molecular flexibility index (Phi) is 2.80. The second kappa shape index (κ2) is 3.73. The quantitative estimate of drug-likeness (QED) is 0.456. The van der Waals surface area contributed by atoms with Gasteiger partial charge in [-0.25, -0.2) is 0 Å². The molecule has 5 heteroatoms. The van der Waals surface area contributed by atoms with Gasteiger partial charge in [0.2, 0.25) is 11.8 Å². The molecule has 0 spiro atoms. The third kappa shape index (κ3) is 1.99. The lowest BCUT2D eigenvalue weighted by Gasteiger charge is -2.39. The summed E-state index contributed by atoms with van der Waals surface area (Å²) in [5.41, 5.74) is -1.03. The predicted octanol–water partition coefficient (Wildman–Crippen LogP) is -0.727. The van der Waals surface area contributed by atoms with Crippen LogP contribution in [0.2, 0.25) is 0 Å². The van der Waals surface area contributed by atoms with Crippen LogP contribution in [0.3, 0.4) is 0 Å². The van der Waals surface area contributed by atoms with Crippen molar-refractivity contribution in [1.82, 2.24) is 10.2 Å². The summed E-state index contributed by atoms with van der Waals surface area (Å²) in [5, 5.41) is 2.17. The molecule has 0 aliphatic carbocycles. The molecule has 0 atom stereocenters. The Hall–Kier alpha value is -1.83. The van der Waals surface area contributed by atoms with Crippen LogP contribution in [0.25, 0.3) is 0 Å². The Bertz CT molecular complexity index is 365. The maximum absolute atomic E-state index is 11.6. The van der Waals surface area contributed by atoms with Crippen LogP contribution < -0.4 is 5.32 Å². The second-order valence-electron chi connectivity index (χ2n) is 3.80. The van der Waals surface area contributed by atoms with E-state index in [-0.39, 0.29) is 18.9 Å². The molecule has 1 fully saturated rings. The normalized spacial score (nSPS) is 19.4. The Morgan fingerprint density at radius 2 is 2.20 bits per heavy atom. The van der Waals surface area contributed by atoms with Crippen LogP contribution in [0, 0.1) is 12.3 Å². The molecule has 1 aliphatic rings. The first kappa shape index (κ1) is 11.2. The van der Waals surface area contributed by atoms with Crippen molar-refractivity contribution in [2.24, 2.45) is 0 Å². The molecule has 80 valence electrons. The molecule has 0 aromatic rings. The van der Waals surface area contributed by atoms with Crippen LogP contribution in [0.5, 0.6) is 0 Å². The Labute approximate surface area is 87.8 Å². The lowest BCUT2D eigenvalue weighted by atomic mass is 9.98. The van der Waals surface area contributed by atoms with Gasteiger partial charge in [-0.15, -0.1) is 6.42 Å². The van der Waals surface area contributed by atoms with Crippen molar-refractivity contribution in [1.29, 1.82) is 0 Å². The van der Waals surface area contributed by atoms with E-state index >= 15 is 0 Å². The van der Waals surface area contributed by atoms with Gasteiger partial charge >= 0.3 is 0 Å². The van der Waals surface area contributed by atoms with Crippen molar-refractivity contribution in [3.8, 4) is 12.3 Å². The molecule has 5 nitrogen and oxygen atoms in total. The number of carbonyl (C=O) groups is 3. The first-order chi connectivity index (χ1) is 6.89. The summed E-state index contributed by atoms with van der Waals surface area (Å²) >= 11 is 0. The average molecular weight is 208 g/mol. The highest BCUT2D eigenvalue weighted by atomic mass is 16.2. The maximum atomic E-state index is 11.6. The van der Waals surface area contributed by atoms with E-state index < -0.39 is 17.4 Å². The molecule has 1 heterocycles. The number of nitrogens with one attached hydrogen (secondary N) is 1. The van der Waals surface area contributed by atoms with Gasteiger partial charge in [0.15, 0.2) is 0 Å². The van der Waals surface area contributed by atoms with Crippen molar-refractivity contribution < 1.29 is 14.4 Å². The van der Waals surface area contributed by atoms with Gasteiger partial charge in [0.1, 0.15) is 12.1 Å². The smallest absolute Gasteiger partial charge is 0.252 e. The number of terminal acetylenes is 1. The summed E-state index contributed by atoms with van der Waals surface area (Å²) in [4.78, 5) is 35.3. The monoisotopic (exact) mass is 208 g/mol. The first-order valence-corrected chi connectivity index (χ1v) is 4.48. The molecule has 0 bridgehead atoms. The molecule has 1 rings (SSSR count). The number of carbonyl (C=O) groups excluding carboxylic acids is 3. The summed E-state index contributed by atoms with van der Waals surface area (Å²) in [5.74, 6) is 0.850.